The number of amidine groups is 1. The van der Waals surface area contributed by atoms with Crippen molar-refractivity contribution in [3.05, 3.63) is 76.7 Å². The molecule has 8 heteroatoms. The molecule has 0 bridgehead atoms. The second kappa shape index (κ2) is 18.9. The SMILES string of the molecule is CC\C=C/C(=C\C(=C(/C)OC)C(C)(C)CC)C(N)=C(C)C(=Nc1ccccc1)NC(=O)N[C@@H](CC)CNCCOC. The number of amides is 2. The zero-order chi connectivity index (χ0) is 30.8. The molecule has 1 aromatic rings. The van der Waals surface area contributed by atoms with Gasteiger partial charge in [0.1, 0.15) is 5.84 Å². The van der Waals surface area contributed by atoms with Crippen molar-refractivity contribution in [1.82, 2.24) is 16.0 Å². The van der Waals surface area contributed by atoms with Crippen LogP contribution in [0, 0.1) is 5.41 Å². The van der Waals surface area contributed by atoms with Crippen molar-refractivity contribution in [3.8, 4) is 0 Å². The predicted octanol–water partition coefficient (Wildman–Crippen LogP) is 6.51. The van der Waals surface area contributed by atoms with E-state index in [4.69, 9.17) is 20.2 Å². The molecular weight excluding hydrogens is 514 g/mol. The fraction of sp³-hybridized carbons (Fsp3) is 0.515. The second-order valence-electron chi connectivity index (χ2n) is 10.6. The lowest BCUT2D eigenvalue weighted by atomic mass is 9.79. The summed E-state index contributed by atoms with van der Waals surface area (Å²) >= 11 is 0. The van der Waals surface area contributed by atoms with Gasteiger partial charge in [-0.15, -0.1) is 0 Å². The number of urea groups is 1. The minimum Gasteiger partial charge on any atom is -0.501 e. The third-order valence-corrected chi connectivity index (χ3v) is 7.13. The van der Waals surface area contributed by atoms with E-state index in [0.717, 1.165) is 36.2 Å². The van der Waals surface area contributed by atoms with Crippen molar-refractivity contribution < 1.29 is 14.3 Å². The summed E-state index contributed by atoms with van der Waals surface area (Å²) in [6.07, 6.45) is 8.73. The molecule has 0 saturated heterocycles. The van der Waals surface area contributed by atoms with Crippen LogP contribution in [0.2, 0.25) is 0 Å². The first-order valence-corrected chi connectivity index (χ1v) is 14.6. The lowest BCUT2D eigenvalue weighted by Gasteiger charge is -2.27. The Morgan fingerprint density at radius 2 is 1.80 bits per heavy atom. The van der Waals surface area contributed by atoms with Crippen LogP contribution in [0.5, 0.6) is 0 Å². The number of nitrogens with one attached hydrogen (secondary N) is 3. The molecule has 2 amide bonds. The number of nitrogens with two attached hydrogens (primary N) is 1. The average molecular weight is 568 g/mol. The molecule has 0 unspecified atom stereocenters. The number of methoxy groups -OCH3 is 2. The molecule has 0 radical (unpaired) electrons. The van der Waals surface area contributed by atoms with Gasteiger partial charge in [0.15, 0.2) is 0 Å². The number of hydrogen-bond acceptors (Lipinski definition) is 6. The molecule has 228 valence electrons. The normalized spacial score (nSPS) is 14.9. The highest BCUT2D eigenvalue weighted by Gasteiger charge is 2.24. The first-order chi connectivity index (χ1) is 19.5. The minimum absolute atomic E-state index is 0.0598. The molecule has 41 heavy (non-hydrogen) atoms. The minimum atomic E-state index is -0.343. The molecule has 0 aliphatic carbocycles. The van der Waals surface area contributed by atoms with Crippen LogP contribution in [0.1, 0.15) is 67.7 Å². The molecule has 8 nitrogen and oxygen atoms in total. The monoisotopic (exact) mass is 567 g/mol. The van der Waals surface area contributed by atoms with E-state index >= 15 is 0 Å². The maximum absolute atomic E-state index is 13.2. The smallest absolute Gasteiger partial charge is 0.320 e. The van der Waals surface area contributed by atoms with Gasteiger partial charge >= 0.3 is 6.03 Å². The van der Waals surface area contributed by atoms with Gasteiger partial charge in [-0.05, 0) is 67.9 Å². The number of nitrogens with zero attached hydrogens (tertiary/aromatic N) is 1. The lowest BCUT2D eigenvalue weighted by Crippen LogP contribution is -2.48. The molecule has 0 saturated carbocycles. The van der Waals surface area contributed by atoms with Crippen LogP contribution in [0.15, 0.2) is 81.7 Å². The number of allylic oxidation sites excluding steroid dienone is 5. The summed E-state index contributed by atoms with van der Waals surface area (Å²) in [6, 6.07) is 9.11. The summed E-state index contributed by atoms with van der Waals surface area (Å²) < 4.78 is 10.8. The zero-order valence-electron chi connectivity index (χ0n) is 26.7. The average Bonchev–Trinajstić information content (AvgIpc) is 2.97. The van der Waals surface area contributed by atoms with Gasteiger partial charge in [-0.1, -0.05) is 65.0 Å². The summed E-state index contributed by atoms with van der Waals surface area (Å²) in [5.41, 5.74) is 10.5. The third-order valence-electron chi connectivity index (χ3n) is 7.13. The standard InChI is InChI=1S/C33H53N5O3/c1-10-13-17-26(22-29(25(5)41-9)33(6,7)12-3)30(34)24(4)31(36-28-18-15-14-16-19-28)38-32(39)37-27(11-2)23-35-20-21-40-8/h13-19,22,27,35H,10-12,20-21,23,34H2,1-9H3,(H2,36,37,38,39)/b17-13-,26-22+,29-25-,30-24?/t27-/m0/s1. The van der Waals surface area contributed by atoms with Crippen LogP contribution in [0.25, 0.3) is 0 Å². The number of hydrogen-bond donors (Lipinski definition) is 4. The molecule has 1 rings (SSSR count). The fourth-order valence-electron chi connectivity index (χ4n) is 3.95. The molecule has 0 heterocycles. The van der Waals surface area contributed by atoms with Crippen LogP contribution < -0.4 is 21.7 Å². The zero-order valence-corrected chi connectivity index (χ0v) is 26.7. The Morgan fingerprint density at radius 1 is 1.12 bits per heavy atom. The van der Waals surface area contributed by atoms with E-state index in [1.165, 1.54) is 0 Å². The van der Waals surface area contributed by atoms with Crippen molar-refractivity contribution in [2.45, 2.75) is 73.8 Å². The quantitative estimate of drug-likeness (QED) is 0.0598. The summed E-state index contributed by atoms with van der Waals surface area (Å²) in [5.74, 6) is 1.22. The summed E-state index contributed by atoms with van der Waals surface area (Å²) in [6.45, 7) is 16.5. The number of para-hydroxylation sites is 1. The van der Waals surface area contributed by atoms with Gasteiger partial charge in [0, 0.05) is 37.5 Å². The van der Waals surface area contributed by atoms with E-state index in [-0.39, 0.29) is 17.5 Å². The van der Waals surface area contributed by atoms with Gasteiger partial charge in [-0.3, -0.25) is 5.32 Å². The molecule has 0 aliphatic heterocycles. The second-order valence-corrected chi connectivity index (χ2v) is 10.6. The van der Waals surface area contributed by atoms with Crippen molar-refractivity contribution in [3.63, 3.8) is 0 Å². The summed E-state index contributed by atoms with van der Waals surface area (Å²) in [5, 5.41) is 9.33. The Morgan fingerprint density at radius 3 is 2.37 bits per heavy atom. The van der Waals surface area contributed by atoms with E-state index in [1.807, 2.05) is 57.2 Å². The molecule has 0 aliphatic rings. The number of carbonyl (C=O) groups is 1. The highest BCUT2D eigenvalue weighted by atomic mass is 16.5. The Labute approximate surface area is 248 Å². The van der Waals surface area contributed by atoms with E-state index in [2.05, 4.69) is 55.8 Å². The van der Waals surface area contributed by atoms with Crippen LogP contribution in [0.3, 0.4) is 0 Å². The van der Waals surface area contributed by atoms with Crippen LogP contribution in [0.4, 0.5) is 10.5 Å². The largest absolute Gasteiger partial charge is 0.501 e. The maximum Gasteiger partial charge on any atom is 0.320 e. The Bertz CT molecular complexity index is 1100. The first kappa shape index (κ1) is 35.7. The van der Waals surface area contributed by atoms with Gasteiger partial charge in [0.25, 0.3) is 0 Å². The fourth-order valence-corrected chi connectivity index (χ4v) is 3.95. The number of rotatable bonds is 16. The first-order valence-electron chi connectivity index (χ1n) is 14.6. The summed E-state index contributed by atoms with van der Waals surface area (Å²) in [7, 11) is 3.35. The Kier molecular flexibility index (Phi) is 16.4. The Hall–Kier alpha value is -3.36. The van der Waals surface area contributed by atoms with Crippen LogP contribution >= 0.6 is 0 Å². The van der Waals surface area contributed by atoms with Crippen LogP contribution in [-0.2, 0) is 9.47 Å². The number of ether oxygens (including phenoxy) is 2. The molecule has 1 aromatic carbocycles. The topological polar surface area (TPSA) is 110 Å². The Balaban J connectivity index is 3.57. The van der Waals surface area contributed by atoms with Crippen LogP contribution in [-0.4, -0.2) is 51.8 Å². The molecular formula is C33H53N5O3. The van der Waals surface area contributed by atoms with Gasteiger partial charge in [-0.2, -0.15) is 0 Å². The van der Waals surface area contributed by atoms with E-state index in [0.29, 0.717) is 42.5 Å². The van der Waals surface area contributed by atoms with Gasteiger partial charge in [0.05, 0.1) is 25.2 Å². The highest BCUT2D eigenvalue weighted by molar-refractivity contribution is 6.08. The molecule has 1 atom stereocenters. The third kappa shape index (κ3) is 12.4. The lowest BCUT2D eigenvalue weighted by molar-refractivity contribution is 0.198. The highest BCUT2D eigenvalue weighted by Crippen LogP contribution is 2.35. The van der Waals surface area contributed by atoms with Crippen molar-refractivity contribution >= 4 is 17.6 Å². The summed E-state index contributed by atoms with van der Waals surface area (Å²) in [4.78, 5) is 18.0. The van der Waals surface area contributed by atoms with Crippen molar-refractivity contribution in [2.75, 3.05) is 33.9 Å². The molecule has 0 aromatic heterocycles. The number of carbonyl (C=O) groups excluding carboxylic acids is 1. The predicted molar refractivity (Wildman–Crippen MR) is 172 cm³/mol. The van der Waals surface area contributed by atoms with Gasteiger partial charge in [0.2, 0.25) is 0 Å². The van der Waals surface area contributed by atoms with E-state index in [9.17, 15) is 4.79 Å². The molecule has 5 N–H and O–H groups in total. The van der Waals surface area contributed by atoms with Gasteiger partial charge in [-0.25, -0.2) is 9.79 Å². The van der Waals surface area contributed by atoms with Crippen molar-refractivity contribution in [2.24, 2.45) is 16.1 Å². The van der Waals surface area contributed by atoms with E-state index < -0.39 is 0 Å². The molecule has 0 spiro atoms. The van der Waals surface area contributed by atoms with E-state index in [1.54, 1.807) is 14.2 Å². The maximum atomic E-state index is 13.2. The number of benzene rings is 1. The molecule has 0 fully saturated rings. The van der Waals surface area contributed by atoms with Gasteiger partial charge < -0.3 is 25.8 Å². The van der Waals surface area contributed by atoms with Crippen molar-refractivity contribution in [1.29, 1.82) is 0 Å². The number of aliphatic imine (C=N–C) groups is 1.